The van der Waals surface area contributed by atoms with Gasteiger partial charge in [-0.2, -0.15) is 13.2 Å². The Morgan fingerprint density at radius 2 is 1.76 bits per heavy atom. The van der Waals surface area contributed by atoms with E-state index in [0.717, 1.165) is 17.2 Å². The van der Waals surface area contributed by atoms with Gasteiger partial charge in [-0.1, -0.05) is 18.2 Å². The fourth-order valence-corrected chi connectivity index (χ4v) is 2.72. The van der Waals surface area contributed by atoms with Crippen LogP contribution >= 0.6 is 0 Å². The molecule has 1 aromatic heterocycles. The van der Waals surface area contributed by atoms with Crippen molar-refractivity contribution in [3.05, 3.63) is 72.3 Å². The van der Waals surface area contributed by atoms with E-state index in [9.17, 15) is 18.0 Å². The van der Waals surface area contributed by atoms with Gasteiger partial charge in [-0.3, -0.25) is 5.01 Å². The Morgan fingerprint density at radius 3 is 2.45 bits per heavy atom. The molecule has 0 bridgehead atoms. The fourth-order valence-electron chi connectivity index (χ4n) is 2.72. The van der Waals surface area contributed by atoms with Crippen molar-refractivity contribution in [1.82, 2.24) is 15.4 Å². The number of hydrogen-bond acceptors (Lipinski definition) is 4. The summed E-state index contributed by atoms with van der Waals surface area (Å²) in [5, 5.41) is 3.88. The van der Waals surface area contributed by atoms with Gasteiger partial charge in [0.1, 0.15) is 6.33 Å². The van der Waals surface area contributed by atoms with E-state index in [4.69, 9.17) is 0 Å². The Balaban J connectivity index is 1.70. The van der Waals surface area contributed by atoms with E-state index in [-0.39, 0.29) is 11.3 Å². The molecule has 0 radical (unpaired) electrons. The van der Waals surface area contributed by atoms with Crippen LogP contribution in [0.5, 0.6) is 0 Å². The summed E-state index contributed by atoms with van der Waals surface area (Å²) in [5.74, 6) is 0. The number of aryl methyl sites for hydroxylation is 1. The molecule has 0 unspecified atom stereocenters. The number of hydrazine groups is 1. The van der Waals surface area contributed by atoms with Gasteiger partial charge < -0.3 is 5.32 Å². The first-order valence-corrected chi connectivity index (χ1v) is 8.59. The molecule has 2 amide bonds. The van der Waals surface area contributed by atoms with Crippen LogP contribution in [0.1, 0.15) is 11.1 Å². The lowest BCUT2D eigenvalue weighted by molar-refractivity contribution is -0.138. The van der Waals surface area contributed by atoms with Crippen LogP contribution in [0.15, 0.2) is 61.2 Å². The molecule has 0 fully saturated rings. The highest BCUT2D eigenvalue weighted by Gasteiger charge is 2.32. The van der Waals surface area contributed by atoms with Gasteiger partial charge in [-0.05, 0) is 42.3 Å². The number of anilines is 2. The third-order valence-corrected chi connectivity index (χ3v) is 4.20. The van der Waals surface area contributed by atoms with E-state index in [2.05, 4.69) is 20.7 Å². The minimum Gasteiger partial charge on any atom is -0.307 e. The topological polar surface area (TPSA) is 70.2 Å². The van der Waals surface area contributed by atoms with Crippen LogP contribution in [0.25, 0.3) is 11.1 Å². The van der Waals surface area contributed by atoms with Gasteiger partial charge in [0, 0.05) is 30.7 Å². The van der Waals surface area contributed by atoms with Crippen LogP contribution in [-0.4, -0.2) is 23.0 Å². The normalized spacial score (nSPS) is 11.1. The molecule has 0 saturated heterocycles. The van der Waals surface area contributed by atoms with Crippen LogP contribution in [0.4, 0.5) is 29.3 Å². The molecule has 2 N–H and O–H groups in total. The first kappa shape index (κ1) is 20.1. The maximum absolute atomic E-state index is 13.0. The Kier molecular flexibility index (Phi) is 5.67. The van der Waals surface area contributed by atoms with Crippen molar-refractivity contribution in [2.24, 2.45) is 0 Å². The van der Waals surface area contributed by atoms with Crippen LogP contribution in [0.3, 0.4) is 0 Å². The maximum Gasteiger partial charge on any atom is 0.416 e. The third-order valence-electron chi connectivity index (χ3n) is 4.20. The molecule has 0 aliphatic heterocycles. The highest BCUT2D eigenvalue weighted by molar-refractivity contribution is 5.90. The number of rotatable bonds is 4. The van der Waals surface area contributed by atoms with Gasteiger partial charge >= 0.3 is 12.2 Å². The number of carbonyl (C=O) groups excluding carboxylic acids is 1. The molecule has 0 aliphatic rings. The molecule has 1 heterocycles. The molecule has 0 spiro atoms. The highest BCUT2D eigenvalue weighted by Crippen LogP contribution is 2.33. The van der Waals surface area contributed by atoms with E-state index in [0.29, 0.717) is 5.69 Å². The average molecular weight is 401 g/mol. The maximum atomic E-state index is 13.0. The fraction of sp³-hybridized carbons (Fsp3) is 0.150. The molecular weight excluding hydrogens is 383 g/mol. The van der Waals surface area contributed by atoms with Crippen molar-refractivity contribution in [3.63, 3.8) is 0 Å². The summed E-state index contributed by atoms with van der Waals surface area (Å²) < 4.78 is 39.1. The van der Waals surface area contributed by atoms with E-state index in [1.54, 1.807) is 25.5 Å². The highest BCUT2D eigenvalue weighted by atomic mass is 19.4. The molecule has 0 aliphatic carbocycles. The Hall–Kier alpha value is -3.62. The Morgan fingerprint density at radius 1 is 1.03 bits per heavy atom. The first-order valence-electron chi connectivity index (χ1n) is 8.59. The van der Waals surface area contributed by atoms with Gasteiger partial charge in [0.05, 0.1) is 11.3 Å². The van der Waals surface area contributed by atoms with E-state index in [1.807, 2.05) is 18.2 Å². The number of benzene rings is 2. The molecule has 150 valence electrons. The smallest absolute Gasteiger partial charge is 0.307 e. The van der Waals surface area contributed by atoms with Gasteiger partial charge in [0.25, 0.3) is 0 Å². The predicted octanol–water partition coefficient (Wildman–Crippen LogP) is 4.64. The zero-order chi connectivity index (χ0) is 21.0. The number of amides is 2. The summed E-state index contributed by atoms with van der Waals surface area (Å²) in [6.45, 7) is 1.37. The number of nitrogens with zero attached hydrogens (tertiary/aromatic N) is 3. The minimum absolute atomic E-state index is 0.0454. The second kappa shape index (κ2) is 8.17. The van der Waals surface area contributed by atoms with Gasteiger partial charge in [-0.15, -0.1) is 0 Å². The molecule has 0 atom stereocenters. The third kappa shape index (κ3) is 5.01. The number of hydrogen-bond donors (Lipinski definition) is 2. The first-order chi connectivity index (χ1) is 13.7. The van der Waals surface area contributed by atoms with Gasteiger partial charge in [0.15, 0.2) is 0 Å². The van der Waals surface area contributed by atoms with E-state index >= 15 is 0 Å². The van der Waals surface area contributed by atoms with E-state index in [1.165, 1.54) is 30.4 Å². The Labute approximate surface area is 165 Å². The number of nitrogens with one attached hydrogen (secondary N) is 2. The van der Waals surface area contributed by atoms with Crippen molar-refractivity contribution < 1.29 is 18.0 Å². The number of carbonyl (C=O) groups is 1. The average Bonchev–Trinajstić information content (AvgIpc) is 2.69. The molecule has 29 heavy (non-hydrogen) atoms. The Bertz CT molecular complexity index is 1010. The standard InChI is InChI=1S/C20H18F3N5O/c1-13-6-7-16(9-18(13)20(21,22)23)26-19(29)27-28(2)17-5-3-4-14(8-17)15-10-24-12-25-11-15/h3-12H,1-2H3,(H2,26,27,29). The minimum atomic E-state index is -4.49. The number of halogens is 3. The zero-order valence-corrected chi connectivity index (χ0v) is 15.7. The number of aromatic nitrogens is 2. The van der Waals surface area contributed by atoms with Crippen molar-refractivity contribution in [2.75, 3.05) is 17.4 Å². The lowest BCUT2D eigenvalue weighted by Gasteiger charge is -2.21. The monoisotopic (exact) mass is 401 g/mol. The van der Waals surface area contributed by atoms with Crippen LogP contribution in [-0.2, 0) is 6.18 Å². The molecule has 3 rings (SSSR count). The molecule has 0 saturated carbocycles. The molecule has 9 heteroatoms. The predicted molar refractivity (Wildman–Crippen MR) is 104 cm³/mol. The van der Waals surface area contributed by atoms with Crippen molar-refractivity contribution in [3.8, 4) is 11.1 Å². The summed E-state index contributed by atoms with van der Waals surface area (Å²) in [5.41, 5.74) is 4.24. The van der Waals surface area contributed by atoms with Crippen molar-refractivity contribution >= 4 is 17.4 Å². The van der Waals surface area contributed by atoms with Crippen LogP contribution in [0, 0.1) is 6.92 Å². The van der Waals surface area contributed by atoms with Crippen LogP contribution in [0.2, 0.25) is 0 Å². The summed E-state index contributed by atoms with van der Waals surface area (Å²) in [6, 6.07) is 10.3. The lowest BCUT2D eigenvalue weighted by Crippen LogP contribution is -2.42. The molecule has 6 nitrogen and oxygen atoms in total. The second-order valence-electron chi connectivity index (χ2n) is 6.33. The summed E-state index contributed by atoms with van der Waals surface area (Å²) in [4.78, 5) is 20.2. The summed E-state index contributed by atoms with van der Waals surface area (Å²) in [6.07, 6.45) is 0.279. The SMILES string of the molecule is Cc1ccc(NC(=O)NN(C)c2cccc(-c3cncnc3)c2)cc1C(F)(F)F. The van der Waals surface area contributed by atoms with Crippen molar-refractivity contribution in [1.29, 1.82) is 0 Å². The summed E-state index contributed by atoms with van der Waals surface area (Å²) >= 11 is 0. The van der Waals surface area contributed by atoms with E-state index < -0.39 is 17.8 Å². The molecule has 3 aromatic rings. The quantitative estimate of drug-likeness (QED) is 0.625. The van der Waals surface area contributed by atoms with Crippen LogP contribution < -0.4 is 15.8 Å². The molecular formula is C20H18F3N5O. The number of urea groups is 1. The molecule has 2 aromatic carbocycles. The van der Waals surface area contributed by atoms with Gasteiger partial charge in [0.2, 0.25) is 0 Å². The largest absolute Gasteiger partial charge is 0.416 e. The number of alkyl halides is 3. The van der Waals surface area contributed by atoms with Gasteiger partial charge in [-0.25, -0.2) is 20.2 Å². The zero-order valence-electron chi connectivity index (χ0n) is 15.7. The lowest BCUT2D eigenvalue weighted by atomic mass is 10.1. The summed E-state index contributed by atoms with van der Waals surface area (Å²) in [7, 11) is 1.62. The second-order valence-corrected chi connectivity index (χ2v) is 6.33. The van der Waals surface area contributed by atoms with Crippen molar-refractivity contribution in [2.45, 2.75) is 13.1 Å².